The highest BCUT2D eigenvalue weighted by Crippen LogP contribution is 2.35. The van der Waals surface area contributed by atoms with Crippen LogP contribution in [-0.4, -0.2) is 33.7 Å². The maximum absolute atomic E-state index is 12.2. The van der Waals surface area contributed by atoms with Gasteiger partial charge >= 0.3 is 0 Å². The van der Waals surface area contributed by atoms with Gasteiger partial charge in [-0.2, -0.15) is 5.10 Å². The molecule has 1 aromatic heterocycles. The summed E-state index contributed by atoms with van der Waals surface area (Å²) in [4.78, 5) is 14.7. The Morgan fingerprint density at radius 1 is 1.15 bits per heavy atom. The molecule has 1 amide bonds. The highest BCUT2D eigenvalue weighted by atomic mass is 16.1. The lowest BCUT2D eigenvalue weighted by Gasteiger charge is -2.30. The molecule has 2 heterocycles. The van der Waals surface area contributed by atoms with Gasteiger partial charge in [-0.05, 0) is 18.4 Å². The third kappa shape index (κ3) is 4.24. The molecular formula is C22H30N4O. The number of carbonyl (C=O) groups excluding carboxylic acids is 1. The van der Waals surface area contributed by atoms with Crippen LogP contribution in [0.5, 0.6) is 0 Å². The number of hydrogen-bond donors (Lipinski definition) is 1. The number of aromatic nitrogens is 2. The van der Waals surface area contributed by atoms with E-state index in [0.29, 0.717) is 18.9 Å². The van der Waals surface area contributed by atoms with Crippen LogP contribution in [0.25, 0.3) is 0 Å². The minimum Gasteiger partial charge on any atom is -0.355 e. The third-order valence-electron chi connectivity index (χ3n) is 6.03. The zero-order chi connectivity index (χ0) is 18.6. The van der Waals surface area contributed by atoms with Crippen molar-refractivity contribution in [3.8, 4) is 0 Å². The van der Waals surface area contributed by atoms with E-state index in [-0.39, 0.29) is 11.9 Å². The van der Waals surface area contributed by atoms with E-state index in [1.807, 2.05) is 17.8 Å². The summed E-state index contributed by atoms with van der Waals surface area (Å²) in [6.45, 7) is 2.43. The van der Waals surface area contributed by atoms with Crippen molar-refractivity contribution in [1.29, 1.82) is 0 Å². The van der Waals surface area contributed by atoms with Crippen molar-refractivity contribution in [3.05, 3.63) is 53.3 Å². The van der Waals surface area contributed by atoms with Crippen LogP contribution >= 0.6 is 0 Å². The third-order valence-corrected chi connectivity index (χ3v) is 6.03. The molecule has 27 heavy (non-hydrogen) atoms. The highest BCUT2D eigenvalue weighted by molar-refractivity contribution is 5.77. The SMILES string of the molecule is Cn1cc(CN2CCNC(=O)CC2c2ccccc2)c(C2CCCCC2)n1. The number of nitrogens with zero attached hydrogens (tertiary/aromatic N) is 3. The predicted molar refractivity (Wildman–Crippen MR) is 106 cm³/mol. The lowest BCUT2D eigenvalue weighted by Crippen LogP contribution is -2.31. The summed E-state index contributed by atoms with van der Waals surface area (Å²) in [5.74, 6) is 0.738. The van der Waals surface area contributed by atoms with Gasteiger partial charge in [0.25, 0.3) is 0 Å². The zero-order valence-electron chi connectivity index (χ0n) is 16.2. The molecule has 1 unspecified atom stereocenters. The molecular weight excluding hydrogens is 336 g/mol. The average Bonchev–Trinajstić information content (AvgIpc) is 2.96. The molecule has 1 N–H and O–H groups in total. The number of carbonyl (C=O) groups is 1. The second-order valence-corrected chi connectivity index (χ2v) is 8.00. The van der Waals surface area contributed by atoms with E-state index in [9.17, 15) is 4.79 Å². The number of aryl methyl sites for hydroxylation is 1. The predicted octanol–water partition coefficient (Wildman–Crippen LogP) is 3.53. The minimum atomic E-state index is 0.119. The molecule has 1 saturated heterocycles. The fourth-order valence-electron chi connectivity index (χ4n) is 4.68. The van der Waals surface area contributed by atoms with Gasteiger partial charge in [0.05, 0.1) is 5.69 Å². The first kappa shape index (κ1) is 18.2. The summed E-state index contributed by atoms with van der Waals surface area (Å²) in [6.07, 6.45) is 9.20. The van der Waals surface area contributed by atoms with Crippen molar-refractivity contribution in [3.63, 3.8) is 0 Å². The van der Waals surface area contributed by atoms with E-state index in [4.69, 9.17) is 5.10 Å². The molecule has 0 bridgehead atoms. The van der Waals surface area contributed by atoms with Crippen LogP contribution in [0.2, 0.25) is 0 Å². The molecule has 2 fully saturated rings. The topological polar surface area (TPSA) is 50.2 Å². The smallest absolute Gasteiger partial charge is 0.221 e. The van der Waals surface area contributed by atoms with E-state index in [0.717, 1.165) is 13.1 Å². The van der Waals surface area contributed by atoms with Crippen molar-refractivity contribution in [2.75, 3.05) is 13.1 Å². The van der Waals surface area contributed by atoms with E-state index in [1.165, 1.54) is 48.9 Å². The molecule has 0 radical (unpaired) electrons. The lowest BCUT2D eigenvalue weighted by atomic mass is 9.85. The summed E-state index contributed by atoms with van der Waals surface area (Å²) in [6, 6.07) is 10.6. The Morgan fingerprint density at radius 3 is 2.70 bits per heavy atom. The van der Waals surface area contributed by atoms with E-state index in [1.54, 1.807) is 0 Å². The molecule has 144 valence electrons. The summed E-state index contributed by atoms with van der Waals surface area (Å²) in [5.41, 5.74) is 3.84. The fourth-order valence-corrected chi connectivity index (χ4v) is 4.68. The number of nitrogens with one attached hydrogen (secondary N) is 1. The fraction of sp³-hybridized carbons (Fsp3) is 0.545. The van der Waals surface area contributed by atoms with Gasteiger partial charge in [0.15, 0.2) is 0 Å². The Balaban J connectivity index is 1.60. The standard InChI is InChI=1S/C22H30N4O/c1-25-15-19(22(24-25)18-10-6-3-7-11-18)16-26-13-12-23-21(27)14-20(26)17-8-4-2-5-9-17/h2,4-5,8-9,15,18,20H,3,6-7,10-14,16H2,1H3,(H,23,27). The van der Waals surface area contributed by atoms with Gasteiger partial charge in [0.2, 0.25) is 5.91 Å². The monoisotopic (exact) mass is 366 g/mol. The van der Waals surface area contributed by atoms with Gasteiger partial charge in [0, 0.05) is 56.8 Å². The second-order valence-electron chi connectivity index (χ2n) is 8.00. The van der Waals surface area contributed by atoms with E-state index in [2.05, 4.69) is 40.7 Å². The van der Waals surface area contributed by atoms with Crippen LogP contribution < -0.4 is 5.32 Å². The molecule has 1 aromatic carbocycles. The number of amides is 1. The first-order valence-electron chi connectivity index (χ1n) is 10.3. The van der Waals surface area contributed by atoms with E-state index < -0.39 is 0 Å². The first-order valence-corrected chi connectivity index (χ1v) is 10.3. The number of benzene rings is 1. The lowest BCUT2D eigenvalue weighted by molar-refractivity contribution is -0.121. The van der Waals surface area contributed by atoms with Crippen LogP contribution in [0.15, 0.2) is 36.5 Å². The van der Waals surface area contributed by atoms with Gasteiger partial charge in [-0.25, -0.2) is 0 Å². The number of hydrogen-bond acceptors (Lipinski definition) is 3. The first-order chi connectivity index (χ1) is 13.2. The van der Waals surface area contributed by atoms with Crippen molar-refractivity contribution in [2.45, 2.75) is 57.0 Å². The van der Waals surface area contributed by atoms with Gasteiger partial charge in [-0.15, -0.1) is 0 Å². The second kappa shape index (κ2) is 8.26. The van der Waals surface area contributed by atoms with Crippen LogP contribution in [0, 0.1) is 0 Å². The molecule has 2 aliphatic rings. The molecule has 2 aromatic rings. The number of rotatable bonds is 4. The Morgan fingerprint density at radius 2 is 1.93 bits per heavy atom. The molecule has 1 saturated carbocycles. The van der Waals surface area contributed by atoms with Gasteiger partial charge in [-0.3, -0.25) is 14.4 Å². The van der Waals surface area contributed by atoms with Gasteiger partial charge < -0.3 is 5.32 Å². The van der Waals surface area contributed by atoms with Crippen molar-refractivity contribution in [2.24, 2.45) is 7.05 Å². The average molecular weight is 367 g/mol. The van der Waals surface area contributed by atoms with Crippen LogP contribution in [0.3, 0.4) is 0 Å². The maximum atomic E-state index is 12.2. The molecule has 5 heteroatoms. The molecule has 0 spiro atoms. The molecule has 1 aliphatic heterocycles. The normalized spacial score (nSPS) is 22.4. The van der Waals surface area contributed by atoms with Crippen LogP contribution in [0.1, 0.15) is 67.3 Å². The van der Waals surface area contributed by atoms with E-state index >= 15 is 0 Å². The van der Waals surface area contributed by atoms with Crippen LogP contribution in [0.4, 0.5) is 0 Å². The molecule has 4 rings (SSSR count). The van der Waals surface area contributed by atoms with Gasteiger partial charge in [0.1, 0.15) is 0 Å². The summed E-state index contributed by atoms with van der Waals surface area (Å²) in [7, 11) is 2.03. The Bertz CT molecular complexity index is 764. The summed E-state index contributed by atoms with van der Waals surface area (Å²) in [5, 5.41) is 7.89. The van der Waals surface area contributed by atoms with Gasteiger partial charge in [-0.1, -0.05) is 49.6 Å². The molecule has 1 aliphatic carbocycles. The van der Waals surface area contributed by atoms with Crippen molar-refractivity contribution in [1.82, 2.24) is 20.0 Å². The summed E-state index contributed by atoms with van der Waals surface area (Å²) >= 11 is 0. The highest BCUT2D eigenvalue weighted by Gasteiger charge is 2.29. The van der Waals surface area contributed by atoms with Crippen LogP contribution in [-0.2, 0) is 18.4 Å². The Kier molecular flexibility index (Phi) is 5.58. The summed E-state index contributed by atoms with van der Waals surface area (Å²) < 4.78 is 1.97. The Hall–Kier alpha value is -2.14. The largest absolute Gasteiger partial charge is 0.355 e. The maximum Gasteiger partial charge on any atom is 0.221 e. The minimum absolute atomic E-state index is 0.119. The van der Waals surface area contributed by atoms with Crippen molar-refractivity contribution < 1.29 is 4.79 Å². The quantitative estimate of drug-likeness (QED) is 0.901. The molecule has 5 nitrogen and oxygen atoms in total. The zero-order valence-corrected chi connectivity index (χ0v) is 16.2. The van der Waals surface area contributed by atoms with Crippen molar-refractivity contribution >= 4 is 5.91 Å². The molecule has 1 atom stereocenters. The Labute approximate surface area is 161 Å².